The second-order valence-corrected chi connectivity index (χ2v) is 7.18. The van der Waals surface area contributed by atoms with Gasteiger partial charge in [-0.25, -0.2) is 22.4 Å². The maximum atomic E-state index is 14.9. The average molecular weight is 473 g/mol. The Hall–Kier alpha value is -3.30. The van der Waals surface area contributed by atoms with Gasteiger partial charge in [0.2, 0.25) is 5.43 Å². The zero-order chi connectivity index (χ0) is 22.8. The van der Waals surface area contributed by atoms with Crippen molar-refractivity contribution >= 4 is 40.1 Å². The Kier molecular flexibility index (Phi) is 4.83. The van der Waals surface area contributed by atoms with Gasteiger partial charge in [0.1, 0.15) is 22.7 Å². The molecular formula is C20H6Cl2F4O5. The summed E-state index contributed by atoms with van der Waals surface area (Å²) >= 11 is 11.7. The maximum Gasteiger partial charge on any atom is 0.339 e. The number of phenolic OH excluding ortho intramolecular Hbond substituents is 1. The van der Waals surface area contributed by atoms with Crippen LogP contribution in [-0.2, 0) is 0 Å². The second-order valence-electron chi connectivity index (χ2n) is 6.37. The predicted octanol–water partition coefficient (Wildman–Crippen LogP) is 5.83. The van der Waals surface area contributed by atoms with E-state index in [0.29, 0.717) is 0 Å². The molecule has 0 atom stereocenters. The van der Waals surface area contributed by atoms with Crippen molar-refractivity contribution < 1.29 is 37.0 Å². The lowest BCUT2D eigenvalue weighted by Gasteiger charge is -2.18. The van der Waals surface area contributed by atoms with Gasteiger partial charge in [0, 0.05) is 34.2 Å². The van der Waals surface area contributed by atoms with Crippen LogP contribution >= 0.6 is 23.2 Å². The Bertz CT molecular complexity index is 1470. The van der Waals surface area contributed by atoms with Crippen LogP contribution in [0.1, 0.15) is 10.4 Å². The highest BCUT2D eigenvalue weighted by molar-refractivity contribution is 6.33. The van der Waals surface area contributed by atoms with Crippen molar-refractivity contribution in [1.29, 1.82) is 0 Å². The molecule has 0 radical (unpaired) electrons. The largest absolute Gasteiger partial charge is 0.506 e. The number of rotatable bonds is 2. The molecular weight excluding hydrogens is 467 g/mol. The van der Waals surface area contributed by atoms with Crippen molar-refractivity contribution in [2.24, 2.45) is 0 Å². The van der Waals surface area contributed by atoms with Gasteiger partial charge in [0.05, 0.1) is 10.0 Å². The minimum atomic E-state index is -2.32. The third kappa shape index (κ3) is 3.08. The normalized spacial score (nSPS) is 11.4. The van der Waals surface area contributed by atoms with Crippen LogP contribution in [0.4, 0.5) is 17.6 Å². The van der Waals surface area contributed by atoms with Crippen molar-refractivity contribution in [2.75, 3.05) is 0 Å². The van der Waals surface area contributed by atoms with Gasteiger partial charge in [-0.3, -0.25) is 4.79 Å². The quantitative estimate of drug-likeness (QED) is 0.166. The van der Waals surface area contributed by atoms with E-state index in [-0.39, 0.29) is 27.3 Å². The Labute approximate surface area is 179 Å². The molecule has 0 amide bonds. The van der Waals surface area contributed by atoms with Gasteiger partial charge in [-0.2, -0.15) is 0 Å². The van der Waals surface area contributed by atoms with Crippen molar-refractivity contribution in [1.82, 2.24) is 0 Å². The minimum Gasteiger partial charge on any atom is -0.506 e. The molecule has 5 nitrogen and oxygen atoms in total. The van der Waals surface area contributed by atoms with Gasteiger partial charge >= 0.3 is 5.97 Å². The van der Waals surface area contributed by atoms with E-state index in [0.717, 1.165) is 24.3 Å². The van der Waals surface area contributed by atoms with E-state index in [4.69, 9.17) is 27.6 Å². The minimum absolute atomic E-state index is 0.197. The van der Waals surface area contributed by atoms with Crippen LogP contribution in [0.3, 0.4) is 0 Å². The number of benzene rings is 3. The van der Waals surface area contributed by atoms with Crippen LogP contribution in [0.15, 0.2) is 33.5 Å². The Balaban J connectivity index is 2.36. The van der Waals surface area contributed by atoms with Gasteiger partial charge in [-0.05, 0) is 12.1 Å². The van der Waals surface area contributed by atoms with E-state index in [1.807, 2.05) is 0 Å². The molecule has 0 unspecified atom stereocenters. The van der Waals surface area contributed by atoms with Crippen molar-refractivity contribution in [2.45, 2.75) is 0 Å². The number of carboxylic acids is 1. The highest BCUT2D eigenvalue weighted by Gasteiger charge is 2.33. The molecule has 2 N–H and O–H groups in total. The zero-order valence-electron chi connectivity index (χ0n) is 14.7. The molecule has 4 rings (SSSR count). The first kappa shape index (κ1) is 21.0. The lowest BCUT2D eigenvalue weighted by Crippen LogP contribution is -2.12. The summed E-state index contributed by atoms with van der Waals surface area (Å²) in [6.45, 7) is 0. The topological polar surface area (TPSA) is 87.7 Å². The molecule has 0 fully saturated rings. The molecule has 1 aliphatic carbocycles. The lowest BCUT2D eigenvalue weighted by atomic mass is 9.89. The molecule has 0 bridgehead atoms. The number of hydrogen-bond acceptors (Lipinski definition) is 4. The molecule has 2 aromatic carbocycles. The number of halogens is 6. The number of aromatic hydroxyl groups is 1. The summed E-state index contributed by atoms with van der Waals surface area (Å²) in [5.41, 5.74) is -4.34. The van der Waals surface area contributed by atoms with E-state index in [1.54, 1.807) is 0 Å². The fourth-order valence-corrected chi connectivity index (χ4v) is 3.56. The summed E-state index contributed by atoms with van der Waals surface area (Å²) in [5, 5.41) is 18.4. The summed E-state index contributed by atoms with van der Waals surface area (Å²) in [7, 11) is 0. The fourth-order valence-electron chi connectivity index (χ4n) is 3.24. The summed E-state index contributed by atoms with van der Waals surface area (Å²) in [4.78, 5) is 23.6. The molecule has 0 saturated carbocycles. The van der Waals surface area contributed by atoms with Crippen LogP contribution < -0.4 is 5.43 Å². The molecule has 1 aliphatic heterocycles. The molecule has 2 aromatic rings. The zero-order valence-corrected chi connectivity index (χ0v) is 16.2. The van der Waals surface area contributed by atoms with Crippen LogP contribution in [0.5, 0.6) is 5.75 Å². The summed E-state index contributed by atoms with van der Waals surface area (Å²) < 4.78 is 62.7. The molecule has 11 heteroatoms. The van der Waals surface area contributed by atoms with E-state index in [9.17, 15) is 37.4 Å². The molecule has 0 aromatic heterocycles. The van der Waals surface area contributed by atoms with Gasteiger partial charge in [0.15, 0.2) is 23.3 Å². The van der Waals surface area contributed by atoms with Crippen molar-refractivity contribution in [3.05, 3.63) is 73.4 Å². The smallest absolute Gasteiger partial charge is 0.339 e. The highest BCUT2D eigenvalue weighted by atomic mass is 35.5. The van der Waals surface area contributed by atoms with E-state index < -0.39 is 62.1 Å². The standard InChI is InChI=1S/C20H6Cl2F4O5/c21-7-1-5-11(3-9(7)27)31-12-4-10(28)8(22)2-6(12)13(5)14-15(20(29)30)17(24)19(26)18(25)16(14)23/h1-4,27H,(H,29,30). The molecule has 31 heavy (non-hydrogen) atoms. The van der Waals surface area contributed by atoms with Crippen LogP contribution in [-0.4, -0.2) is 16.2 Å². The van der Waals surface area contributed by atoms with Crippen molar-refractivity contribution in [3.8, 4) is 28.2 Å². The highest BCUT2D eigenvalue weighted by Crippen LogP contribution is 2.46. The summed E-state index contributed by atoms with van der Waals surface area (Å²) in [6.07, 6.45) is 0. The van der Waals surface area contributed by atoms with Gasteiger partial charge < -0.3 is 14.6 Å². The van der Waals surface area contributed by atoms with E-state index in [2.05, 4.69) is 0 Å². The molecule has 2 aliphatic rings. The lowest BCUT2D eigenvalue weighted by molar-refractivity contribution is 0.0690. The number of fused-ring (bicyclic) bond motifs is 2. The first-order chi connectivity index (χ1) is 14.5. The first-order valence-electron chi connectivity index (χ1n) is 8.21. The average Bonchev–Trinajstić information content (AvgIpc) is 2.70. The fraction of sp³-hybridized carbons (Fsp3) is 0. The second kappa shape index (κ2) is 7.14. The molecule has 0 spiro atoms. The Morgan fingerprint density at radius 1 is 0.871 bits per heavy atom. The number of carboxylic acid groups (broad SMARTS) is 1. The summed E-state index contributed by atoms with van der Waals surface area (Å²) in [5.74, 6) is -11.6. The van der Waals surface area contributed by atoms with Gasteiger partial charge in [-0.15, -0.1) is 0 Å². The Morgan fingerprint density at radius 3 is 2.16 bits per heavy atom. The number of hydrogen-bond donors (Lipinski definition) is 2. The summed E-state index contributed by atoms with van der Waals surface area (Å²) in [6, 6.07) is 3.84. The third-order valence-electron chi connectivity index (χ3n) is 4.57. The predicted molar refractivity (Wildman–Crippen MR) is 103 cm³/mol. The molecule has 1 heterocycles. The number of carbonyl (C=O) groups is 1. The van der Waals surface area contributed by atoms with Crippen molar-refractivity contribution in [3.63, 3.8) is 0 Å². The first-order valence-corrected chi connectivity index (χ1v) is 8.96. The Morgan fingerprint density at radius 2 is 1.52 bits per heavy atom. The van der Waals surface area contributed by atoms with Crippen LogP contribution in [0.2, 0.25) is 10.0 Å². The molecule has 158 valence electrons. The van der Waals surface area contributed by atoms with E-state index in [1.165, 1.54) is 0 Å². The van der Waals surface area contributed by atoms with Crippen LogP contribution in [0, 0.1) is 23.3 Å². The molecule has 0 saturated heterocycles. The number of phenols is 1. The maximum absolute atomic E-state index is 14.9. The third-order valence-corrected chi connectivity index (χ3v) is 5.17. The monoisotopic (exact) mass is 472 g/mol. The van der Waals surface area contributed by atoms with Gasteiger partial charge in [-0.1, -0.05) is 23.2 Å². The van der Waals surface area contributed by atoms with E-state index >= 15 is 0 Å². The van der Waals surface area contributed by atoms with Crippen LogP contribution in [0.25, 0.3) is 33.4 Å². The van der Waals surface area contributed by atoms with Gasteiger partial charge in [0.25, 0.3) is 0 Å². The number of aromatic carboxylic acids is 1. The SMILES string of the molecule is O=C(O)c1c(F)c(F)c(F)c(F)c1-c1c2cc(Cl)c(=O)cc-2oc2cc(O)c(Cl)cc12.